The van der Waals surface area contributed by atoms with E-state index < -0.39 is 0 Å². The molecule has 1 aliphatic heterocycles. The first-order valence-electron chi connectivity index (χ1n) is 4.57. The molecule has 0 aromatic rings. The summed E-state index contributed by atoms with van der Waals surface area (Å²) in [5.74, 6) is 0. The Kier molecular flexibility index (Phi) is 4.13. The minimum Gasteiger partial charge on any atom is -0.300 e. The highest BCUT2D eigenvalue weighted by molar-refractivity contribution is 14.1. The zero-order chi connectivity index (χ0) is 8.27. The third kappa shape index (κ3) is 2.31. The Hall–Kier alpha value is 0.690. The summed E-state index contributed by atoms with van der Waals surface area (Å²) in [5.41, 5.74) is 0. The summed E-state index contributed by atoms with van der Waals surface area (Å²) in [4.78, 5) is 2.58. The summed E-state index contributed by atoms with van der Waals surface area (Å²) in [5, 5.41) is 0. The van der Waals surface area contributed by atoms with Crippen LogP contribution in [-0.2, 0) is 0 Å². The van der Waals surface area contributed by atoms with E-state index in [1.807, 2.05) is 0 Å². The van der Waals surface area contributed by atoms with Gasteiger partial charge in [-0.3, -0.25) is 4.90 Å². The molecule has 0 bridgehead atoms. The lowest BCUT2D eigenvalue weighted by molar-refractivity contribution is 0.127. The maximum atomic E-state index is 2.58. The molecule has 1 saturated heterocycles. The lowest BCUT2D eigenvalue weighted by Gasteiger charge is -2.38. The van der Waals surface area contributed by atoms with Crippen LogP contribution in [0, 0.1) is 0 Å². The molecule has 0 saturated carbocycles. The number of nitrogens with zero attached hydrogens (tertiary/aromatic N) is 1. The molecule has 1 unspecified atom stereocenters. The first-order chi connectivity index (χ1) is 5.29. The summed E-state index contributed by atoms with van der Waals surface area (Å²) >= 11 is 2.51. The Morgan fingerprint density at radius 1 is 1.36 bits per heavy atom. The molecule has 0 spiro atoms. The highest BCUT2D eigenvalue weighted by atomic mass is 127. The smallest absolute Gasteiger partial charge is 0.0185 e. The standard InChI is InChI=1S/C9H18IN/c1-3-8-5-4-6-9(7-10)11(8)2/h8-9H,3-7H2,1-2H3/t8-,9?/m1/s1. The minimum absolute atomic E-state index is 0.856. The predicted octanol–water partition coefficient (Wildman–Crippen LogP) is 2.68. The molecule has 2 heteroatoms. The van der Waals surface area contributed by atoms with Crippen LogP contribution in [-0.4, -0.2) is 28.5 Å². The third-order valence-electron chi connectivity index (χ3n) is 2.88. The average Bonchev–Trinajstić information content (AvgIpc) is 2.05. The molecule has 0 aromatic carbocycles. The van der Waals surface area contributed by atoms with Crippen molar-refractivity contribution in [2.45, 2.75) is 44.7 Å². The Bertz CT molecular complexity index is 104. The van der Waals surface area contributed by atoms with Crippen molar-refractivity contribution in [2.24, 2.45) is 0 Å². The SMILES string of the molecule is CC[C@@H]1CCCC(CI)N1C. The van der Waals surface area contributed by atoms with Gasteiger partial charge in [-0.1, -0.05) is 35.9 Å². The van der Waals surface area contributed by atoms with Crippen molar-refractivity contribution in [3.63, 3.8) is 0 Å². The van der Waals surface area contributed by atoms with E-state index in [-0.39, 0.29) is 0 Å². The number of likely N-dealkylation sites (tertiary alicyclic amines) is 1. The van der Waals surface area contributed by atoms with E-state index in [0.29, 0.717) is 0 Å². The summed E-state index contributed by atoms with van der Waals surface area (Å²) in [6.45, 7) is 2.30. The van der Waals surface area contributed by atoms with Gasteiger partial charge in [0.1, 0.15) is 0 Å². The van der Waals surface area contributed by atoms with Crippen LogP contribution >= 0.6 is 22.6 Å². The number of halogens is 1. The number of alkyl halides is 1. The topological polar surface area (TPSA) is 3.24 Å². The van der Waals surface area contributed by atoms with Crippen LogP contribution in [0.15, 0.2) is 0 Å². The first kappa shape index (κ1) is 9.78. The minimum atomic E-state index is 0.856. The number of rotatable bonds is 2. The Morgan fingerprint density at radius 2 is 2.00 bits per heavy atom. The summed E-state index contributed by atoms with van der Waals surface area (Å²) < 4.78 is 1.30. The molecule has 1 nitrogen and oxygen atoms in total. The second-order valence-corrected chi connectivity index (χ2v) is 4.35. The lowest BCUT2D eigenvalue weighted by atomic mass is 9.96. The normalized spacial score (nSPS) is 34.1. The Balaban J connectivity index is 2.45. The Labute approximate surface area is 83.7 Å². The van der Waals surface area contributed by atoms with Crippen molar-refractivity contribution < 1.29 is 0 Å². The fraction of sp³-hybridized carbons (Fsp3) is 1.00. The molecule has 1 aliphatic rings. The van der Waals surface area contributed by atoms with Crippen LogP contribution in [0.4, 0.5) is 0 Å². The van der Waals surface area contributed by atoms with Gasteiger partial charge in [0, 0.05) is 16.5 Å². The molecular weight excluding hydrogens is 249 g/mol. The van der Waals surface area contributed by atoms with Crippen molar-refractivity contribution >= 4 is 22.6 Å². The molecule has 2 atom stereocenters. The largest absolute Gasteiger partial charge is 0.300 e. The summed E-state index contributed by atoms with van der Waals surface area (Å²) in [6, 6.07) is 1.72. The molecular formula is C9H18IN. The van der Waals surface area contributed by atoms with Gasteiger partial charge >= 0.3 is 0 Å². The molecule has 66 valence electrons. The van der Waals surface area contributed by atoms with E-state index in [1.165, 1.54) is 30.1 Å². The lowest BCUT2D eigenvalue weighted by Crippen LogP contribution is -2.44. The summed E-state index contributed by atoms with van der Waals surface area (Å²) in [6.07, 6.45) is 5.59. The Morgan fingerprint density at radius 3 is 2.55 bits per heavy atom. The molecule has 11 heavy (non-hydrogen) atoms. The molecule has 1 rings (SSSR count). The number of hydrogen-bond donors (Lipinski definition) is 0. The third-order valence-corrected chi connectivity index (χ3v) is 3.89. The average molecular weight is 267 g/mol. The van der Waals surface area contributed by atoms with Crippen LogP contribution < -0.4 is 0 Å². The molecule has 0 aliphatic carbocycles. The van der Waals surface area contributed by atoms with Gasteiger partial charge < -0.3 is 0 Å². The van der Waals surface area contributed by atoms with Crippen LogP contribution in [0.2, 0.25) is 0 Å². The van der Waals surface area contributed by atoms with Crippen LogP contribution in [0.5, 0.6) is 0 Å². The van der Waals surface area contributed by atoms with Crippen molar-refractivity contribution in [1.82, 2.24) is 4.90 Å². The van der Waals surface area contributed by atoms with Gasteiger partial charge in [-0.15, -0.1) is 0 Å². The van der Waals surface area contributed by atoms with Gasteiger partial charge in [0.05, 0.1) is 0 Å². The van der Waals surface area contributed by atoms with Crippen molar-refractivity contribution in [2.75, 3.05) is 11.5 Å². The van der Waals surface area contributed by atoms with Gasteiger partial charge in [-0.2, -0.15) is 0 Å². The van der Waals surface area contributed by atoms with E-state index in [0.717, 1.165) is 12.1 Å². The van der Waals surface area contributed by atoms with Gasteiger partial charge in [-0.25, -0.2) is 0 Å². The van der Waals surface area contributed by atoms with Crippen molar-refractivity contribution in [1.29, 1.82) is 0 Å². The van der Waals surface area contributed by atoms with E-state index in [1.54, 1.807) is 0 Å². The van der Waals surface area contributed by atoms with E-state index in [9.17, 15) is 0 Å². The maximum absolute atomic E-state index is 2.58. The first-order valence-corrected chi connectivity index (χ1v) is 6.10. The van der Waals surface area contributed by atoms with Gasteiger partial charge in [-0.05, 0) is 26.3 Å². The van der Waals surface area contributed by atoms with Crippen LogP contribution in [0.25, 0.3) is 0 Å². The molecule has 0 radical (unpaired) electrons. The van der Waals surface area contributed by atoms with E-state index in [4.69, 9.17) is 0 Å². The predicted molar refractivity (Wildman–Crippen MR) is 58.4 cm³/mol. The van der Waals surface area contributed by atoms with Gasteiger partial charge in [0.25, 0.3) is 0 Å². The molecule has 0 N–H and O–H groups in total. The van der Waals surface area contributed by atoms with Gasteiger partial charge in [0.2, 0.25) is 0 Å². The second kappa shape index (κ2) is 4.65. The van der Waals surface area contributed by atoms with E-state index in [2.05, 4.69) is 41.5 Å². The van der Waals surface area contributed by atoms with Crippen LogP contribution in [0.3, 0.4) is 0 Å². The highest BCUT2D eigenvalue weighted by Crippen LogP contribution is 2.24. The maximum Gasteiger partial charge on any atom is 0.0185 e. The van der Waals surface area contributed by atoms with Crippen molar-refractivity contribution in [3.05, 3.63) is 0 Å². The number of piperidine rings is 1. The second-order valence-electron chi connectivity index (χ2n) is 3.47. The monoisotopic (exact) mass is 267 g/mol. The van der Waals surface area contributed by atoms with Crippen LogP contribution in [0.1, 0.15) is 32.6 Å². The number of hydrogen-bond acceptors (Lipinski definition) is 1. The molecule has 1 heterocycles. The fourth-order valence-corrected chi connectivity index (χ4v) is 3.03. The van der Waals surface area contributed by atoms with Crippen molar-refractivity contribution in [3.8, 4) is 0 Å². The molecule has 1 fully saturated rings. The quantitative estimate of drug-likeness (QED) is 0.549. The fourth-order valence-electron chi connectivity index (χ4n) is 1.97. The highest BCUT2D eigenvalue weighted by Gasteiger charge is 2.24. The molecule has 0 amide bonds. The van der Waals surface area contributed by atoms with E-state index >= 15 is 0 Å². The molecule has 0 aromatic heterocycles. The summed E-state index contributed by atoms with van der Waals surface area (Å²) in [7, 11) is 2.29. The van der Waals surface area contributed by atoms with Gasteiger partial charge in [0.15, 0.2) is 0 Å². The zero-order valence-electron chi connectivity index (χ0n) is 7.52. The zero-order valence-corrected chi connectivity index (χ0v) is 9.67.